The van der Waals surface area contributed by atoms with Crippen molar-refractivity contribution in [2.24, 2.45) is 5.92 Å². The van der Waals surface area contributed by atoms with Crippen LogP contribution in [-0.4, -0.2) is 92.3 Å². The summed E-state index contributed by atoms with van der Waals surface area (Å²) in [5.41, 5.74) is 0. The molecule has 3 atom stereocenters. The second kappa shape index (κ2) is 27.1. The highest BCUT2D eigenvalue weighted by Gasteiger charge is 2.10. The number of thioether (sulfide) groups is 3. The highest BCUT2D eigenvalue weighted by atomic mass is 32.2. The summed E-state index contributed by atoms with van der Waals surface area (Å²) in [7, 11) is 0. The number of benzene rings is 2. The third kappa shape index (κ3) is 23.0. The normalized spacial score (nSPS) is 12.4. The zero-order valence-electron chi connectivity index (χ0n) is 25.5. The summed E-state index contributed by atoms with van der Waals surface area (Å²) >= 11 is 6.01. The molecule has 0 bridgehead atoms. The van der Waals surface area contributed by atoms with Crippen LogP contribution >= 0.6 is 46.6 Å². The zero-order valence-corrected chi connectivity index (χ0v) is 28.7. The standard InChI is InChI=1S/C12H14N2O2S3.C12H18O4S.C4H10.C2H6/c1-17-11-13-14-12(19-11)18-8-9(15)7-16-10-5-3-2-4-6-10;13-6-10(14)8-17-9-11(15)7-16-12-4-2-1-3-5-12;1-4(2)3;1-2/h2-6,9,15H,7-8H2,1H3;1-5,10-11,13-15H,6-9H2;4H,1-3H3;1-2H3. The van der Waals surface area contributed by atoms with Gasteiger partial charge >= 0.3 is 0 Å². The Labute approximate surface area is 268 Å². The molecule has 0 amide bonds. The molecule has 8 nitrogen and oxygen atoms in total. The van der Waals surface area contributed by atoms with E-state index in [1.54, 1.807) is 23.1 Å². The topological polar surface area (TPSA) is 125 Å². The summed E-state index contributed by atoms with van der Waals surface area (Å²) in [6.07, 6.45) is 0.150. The van der Waals surface area contributed by atoms with E-state index in [2.05, 4.69) is 31.0 Å². The van der Waals surface area contributed by atoms with Gasteiger partial charge in [-0.3, -0.25) is 0 Å². The van der Waals surface area contributed by atoms with Crippen LogP contribution in [0.15, 0.2) is 69.3 Å². The van der Waals surface area contributed by atoms with Gasteiger partial charge in [0, 0.05) is 17.3 Å². The Hall–Kier alpha value is -1.51. The van der Waals surface area contributed by atoms with E-state index in [0.29, 0.717) is 17.3 Å². The van der Waals surface area contributed by atoms with E-state index in [-0.39, 0.29) is 19.8 Å². The lowest BCUT2D eigenvalue weighted by Gasteiger charge is -2.13. The van der Waals surface area contributed by atoms with Crippen LogP contribution in [0.1, 0.15) is 34.6 Å². The zero-order chi connectivity index (χ0) is 31.6. The Balaban J connectivity index is 0.000000678. The van der Waals surface area contributed by atoms with Crippen LogP contribution in [-0.2, 0) is 0 Å². The van der Waals surface area contributed by atoms with Gasteiger partial charge in [-0.2, -0.15) is 11.8 Å². The van der Waals surface area contributed by atoms with Crippen LogP contribution < -0.4 is 9.47 Å². The highest BCUT2D eigenvalue weighted by Crippen LogP contribution is 2.27. The molecule has 0 radical (unpaired) electrons. The van der Waals surface area contributed by atoms with Gasteiger partial charge in [-0.1, -0.05) is 106 Å². The molecule has 12 heteroatoms. The van der Waals surface area contributed by atoms with Crippen molar-refractivity contribution in [2.45, 2.75) is 61.6 Å². The monoisotopic (exact) mass is 660 g/mol. The summed E-state index contributed by atoms with van der Waals surface area (Å²) in [6.45, 7) is 10.8. The number of ether oxygens (including phenoxy) is 2. The van der Waals surface area contributed by atoms with Crippen molar-refractivity contribution in [3.8, 4) is 11.5 Å². The molecule has 0 fully saturated rings. The van der Waals surface area contributed by atoms with E-state index in [9.17, 15) is 10.2 Å². The van der Waals surface area contributed by atoms with Gasteiger partial charge in [-0.15, -0.1) is 10.2 Å². The minimum Gasteiger partial charge on any atom is -0.491 e. The number of nitrogens with zero attached hydrogens (tertiary/aromatic N) is 2. The molecule has 0 saturated carbocycles. The van der Waals surface area contributed by atoms with Crippen LogP contribution in [0.2, 0.25) is 0 Å². The highest BCUT2D eigenvalue weighted by molar-refractivity contribution is 8.03. The Morgan fingerprint density at radius 3 is 1.57 bits per heavy atom. The maximum Gasteiger partial charge on any atom is 0.175 e. The van der Waals surface area contributed by atoms with Gasteiger partial charge in [0.25, 0.3) is 0 Å². The summed E-state index contributed by atoms with van der Waals surface area (Å²) in [6, 6.07) is 18.8. The molecule has 4 N–H and O–H groups in total. The molecule has 3 rings (SSSR count). The van der Waals surface area contributed by atoms with Crippen molar-refractivity contribution in [2.75, 3.05) is 43.3 Å². The number of aromatic nitrogens is 2. The first kappa shape index (κ1) is 40.5. The fourth-order valence-electron chi connectivity index (χ4n) is 2.41. The van der Waals surface area contributed by atoms with Crippen LogP contribution in [0.3, 0.4) is 0 Å². The van der Waals surface area contributed by atoms with Gasteiger partial charge < -0.3 is 29.9 Å². The lowest BCUT2D eigenvalue weighted by atomic mass is 10.3. The Morgan fingerprint density at radius 1 is 0.714 bits per heavy atom. The van der Waals surface area contributed by atoms with Crippen molar-refractivity contribution in [1.82, 2.24) is 10.2 Å². The van der Waals surface area contributed by atoms with Gasteiger partial charge in [0.15, 0.2) is 8.68 Å². The SMILES string of the molecule is CC.CC(C)C.CSc1nnc(SCC(O)COc2ccccc2)s1.OCC(O)CSCC(O)COc1ccccc1. The van der Waals surface area contributed by atoms with Crippen molar-refractivity contribution in [3.05, 3.63) is 60.7 Å². The van der Waals surface area contributed by atoms with E-state index in [1.807, 2.05) is 80.8 Å². The maximum absolute atomic E-state index is 9.84. The molecule has 238 valence electrons. The van der Waals surface area contributed by atoms with Crippen LogP contribution in [0, 0.1) is 5.92 Å². The first-order valence-corrected chi connectivity index (χ1v) is 18.0. The second-order valence-electron chi connectivity index (χ2n) is 9.01. The molecule has 42 heavy (non-hydrogen) atoms. The van der Waals surface area contributed by atoms with Gasteiger partial charge in [0.05, 0.1) is 24.9 Å². The Morgan fingerprint density at radius 2 is 1.14 bits per heavy atom. The number of hydrogen-bond donors (Lipinski definition) is 4. The minimum atomic E-state index is -0.720. The first-order valence-electron chi connectivity index (χ1n) is 13.8. The molecule has 0 spiro atoms. The summed E-state index contributed by atoms with van der Waals surface area (Å²) in [5.74, 6) is 3.78. The molecule has 3 unspecified atom stereocenters. The van der Waals surface area contributed by atoms with Crippen molar-refractivity contribution < 1.29 is 29.9 Å². The third-order valence-electron chi connectivity index (χ3n) is 4.16. The predicted molar refractivity (Wildman–Crippen MR) is 181 cm³/mol. The van der Waals surface area contributed by atoms with Crippen LogP contribution in [0.4, 0.5) is 0 Å². The average Bonchev–Trinajstić information content (AvgIpc) is 3.48. The molecule has 0 aliphatic carbocycles. The van der Waals surface area contributed by atoms with E-state index in [1.165, 1.54) is 23.5 Å². The largest absolute Gasteiger partial charge is 0.491 e. The number of rotatable bonds is 15. The molecular formula is C30H48N2O6S4. The van der Waals surface area contributed by atoms with E-state index in [4.69, 9.17) is 19.7 Å². The molecular weight excluding hydrogens is 613 g/mol. The second-order valence-corrected chi connectivity index (χ2v) is 13.4. The number of para-hydroxylation sites is 2. The molecule has 1 aromatic heterocycles. The van der Waals surface area contributed by atoms with Crippen LogP contribution in [0.5, 0.6) is 11.5 Å². The summed E-state index contributed by atoms with van der Waals surface area (Å²) in [5, 5.41) is 45.2. The average molecular weight is 661 g/mol. The molecule has 3 aromatic rings. The lowest BCUT2D eigenvalue weighted by molar-refractivity contribution is 0.112. The number of aliphatic hydroxyl groups excluding tert-OH is 4. The predicted octanol–water partition coefficient (Wildman–Crippen LogP) is 5.99. The molecule has 1 heterocycles. The summed E-state index contributed by atoms with van der Waals surface area (Å²) < 4.78 is 12.7. The van der Waals surface area contributed by atoms with Crippen molar-refractivity contribution in [1.29, 1.82) is 0 Å². The van der Waals surface area contributed by atoms with E-state index in [0.717, 1.165) is 26.1 Å². The van der Waals surface area contributed by atoms with Crippen LogP contribution in [0.25, 0.3) is 0 Å². The third-order valence-corrected chi connectivity index (χ3v) is 8.58. The fourth-order valence-corrected chi connectivity index (χ4v) is 5.66. The van der Waals surface area contributed by atoms with E-state index < -0.39 is 18.3 Å². The Kier molecular flexibility index (Phi) is 26.1. The maximum atomic E-state index is 9.84. The van der Waals surface area contributed by atoms with E-state index >= 15 is 0 Å². The quantitative estimate of drug-likeness (QED) is 0.144. The number of aliphatic hydroxyl groups is 4. The molecule has 2 aromatic carbocycles. The molecule has 0 aliphatic rings. The number of hydrogen-bond acceptors (Lipinski definition) is 12. The lowest BCUT2D eigenvalue weighted by Crippen LogP contribution is -2.22. The van der Waals surface area contributed by atoms with Gasteiger partial charge in [-0.05, 0) is 36.4 Å². The first-order chi connectivity index (χ1) is 20.2. The molecule has 0 aliphatic heterocycles. The van der Waals surface area contributed by atoms with Crippen molar-refractivity contribution >= 4 is 46.6 Å². The Bertz CT molecular complexity index is 983. The van der Waals surface area contributed by atoms with Gasteiger partial charge in [0.2, 0.25) is 0 Å². The fraction of sp³-hybridized carbons (Fsp3) is 0.533. The minimum absolute atomic E-state index is 0.228. The van der Waals surface area contributed by atoms with Gasteiger partial charge in [0.1, 0.15) is 24.7 Å². The van der Waals surface area contributed by atoms with Gasteiger partial charge in [-0.25, -0.2) is 0 Å². The smallest absolute Gasteiger partial charge is 0.175 e. The summed E-state index contributed by atoms with van der Waals surface area (Å²) in [4.78, 5) is 0. The van der Waals surface area contributed by atoms with Crippen molar-refractivity contribution in [3.63, 3.8) is 0 Å². The molecule has 0 saturated heterocycles.